The predicted molar refractivity (Wildman–Crippen MR) is 53.6 cm³/mol. The van der Waals surface area contributed by atoms with Gasteiger partial charge in [0.15, 0.2) is 0 Å². The molecule has 0 aromatic carbocycles. The molecule has 0 radical (unpaired) electrons. The summed E-state index contributed by atoms with van der Waals surface area (Å²) in [5, 5.41) is 13.2. The van der Waals surface area contributed by atoms with Crippen molar-refractivity contribution in [2.45, 2.75) is 44.6 Å². The molecule has 2 nitrogen and oxygen atoms in total. The zero-order valence-electron chi connectivity index (χ0n) is 8.34. The number of rotatable bonds is 3. The van der Waals surface area contributed by atoms with E-state index in [1.165, 1.54) is 38.6 Å². The quantitative estimate of drug-likeness (QED) is 0.695. The Bertz CT molecular complexity index is 148. The van der Waals surface area contributed by atoms with Crippen LogP contribution in [0.3, 0.4) is 0 Å². The lowest BCUT2D eigenvalue weighted by Gasteiger charge is -2.17. The largest absolute Gasteiger partial charge is 0.393 e. The van der Waals surface area contributed by atoms with Gasteiger partial charge in [0.05, 0.1) is 6.10 Å². The van der Waals surface area contributed by atoms with Gasteiger partial charge in [-0.25, -0.2) is 0 Å². The van der Waals surface area contributed by atoms with Crippen LogP contribution in [0.1, 0.15) is 38.5 Å². The predicted octanol–water partition coefficient (Wildman–Crippen LogP) is 1.54. The summed E-state index contributed by atoms with van der Waals surface area (Å²) in [5.41, 5.74) is 0. The van der Waals surface area contributed by atoms with Crippen molar-refractivity contribution in [3.63, 3.8) is 0 Å². The van der Waals surface area contributed by atoms with Gasteiger partial charge in [0.25, 0.3) is 0 Å². The molecule has 2 N–H and O–H groups in total. The maximum atomic E-state index is 9.81. The van der Waals surface area contributed by atoms with E-state index >= 15 is 0 Å². The van der Waals surface area contributed by atoms with E-state index < -0.39 is 0 Å². The monoisotopic (exact) mass is 183 g/mol. The van der Waals surface area contributed by atoms with Crippen molar-refractivity contribution >= 4 is 0 Å². The fraction of sp³-hybridized carbons (Fsp3) is 1.00. The highest BCUT2D eigenvalue weighted by Gasteiger charge is 2.31. The number of aliphatic hydroxyl groups is 1. The zero-order valence-corrected chi connectivity index (χ0v) is 8.34. The van der Waals surface area contributed by atoms with E-state index in [9.17, 15) is 5.11 Å². The molecule has 0 spiro atoms. The van der Waals surface area contributed by atoms with Crippen LogP contribution in [0.15, 0.2) is 0 Å². The Labute approximate surface area is 80.7 Å². The Balaban J connectivity index is 1.71. The lowest BCUT2D eigenvalue weighted by Crippen LogP contribution is -2.17. The summed E-state index contributed by atoms with van der Waals surface area (Å²) in [6, 6.07) is 0. The lowest BCUT2D eigenvalue weighted by atomic mass is 9.92. The molecule has 0 aromatic heterocycles. The summed E-state index contributed by atoms with van der Waals surface area (Å²) >= 11 is 0. The van der Waals surface area contributed by atoms with E-state index in [1.807, 2.05) is 0 Å². The smallest absolute Gasteiger partial charge is 0.0571 e. The Morgan fingerprint density at radius 2 is 2.00 bits per heavy atom. The van der Waals surface area contributed by atoms with Gasteiger partial charge in [-0.3, -0.25) is 0 Å². The third kappa shape index (κ3) is 2.96. The average molecular weight is 183 g/mol. The molecule has 2 heteroatoms. The van der Waals surface area contributed by atoms with Crippen molar-refractivity contribution in [3.05, 3.63) is 0 Å². The summed E-state index contributed by atoms with van der Waals surface area (Å²) in [4.78, 5) is 0. The van der Waals surface area contributed by atoms with Crippen LogP contribution in [0.5, 0.6) is 0 Å². The Kier molecular flexibility index (Phi) is 3.23. The Morgan fingerprint density at radius 3 is 2.77 bits per heavy atom. The summed E-state index contributed by atoms with van der Waals surface area (Å²) in [7, 11) is 0. The standard InChI is InChI=1S/C11H21NO/c13-11(10-3-4-10)8-9-2-1-6-12-7-5-9/h9-13H,1-8H2. The molecule has 1 aliphatic carbocycles. The first-order chi connectivity index (χ1) is 6.36. The van der Waals surface area contributed by atoms with Crippen LogP contribution >= 0.6 is 0 Å². The molecule has 2 aliphatic rings. The second kappa shape index (κ2) is 4.43. The van der Waals surface area contributed by atoms with Crippen LogP contribution in [0.4, 0.5) is 0 Å². The fourth-order valence-electron chi connectivity index (χ4n) is 2.34. The highest BCUT2D eigenvalue weighted by Crippen LogP contribution is 2.36. The van der Waals surface area contributed by atoms with Gasteiger partial charge in [0.1, 0.15) is 0 Å². The first-order valence-electron chi connectivity index (χ1n) is 5.75. The minimum Gasteiger partial charge on any atom is -0.393 e. The van der Waals surface area contributed by atoms with Gasteiger partial charge >= 0.3 is 0 Å². The highest BCUT2D eigenvalue weighted by molar-refractivity contribution is 4.83. The molecule has 0 bridgehead atoms. The third-order valence-electron chi connectivity index (χ3n) is 3.44. The van der Waals surface area contributed by atoms with Gasteiger partial charge < -0.3 is 10.4 Å². The Morgan fingerprint density at radius 1 is 1.15 bits per heavy atom. The molecule has 1 saturated carbocycles. The maximum Gasteiger partial charge on any atom is 0.0571 e. The molecular weight excluding hydrogens is 162 g/mol. The summed E-state index contributed by atoms with van der Waals surface area (Å²) < 4.78 is 0. The van der Waals surface area contributed by atoms with Gasteiger partial charge in [-0.05, 0) is 63.5 Å². The zero-order chi connectivity index (χ0) is 9.10. The molecule has 2 rings (SSSR count). The minimum atomic E-state index is 0.0168. The minimum absolute atomic E-state index is 0.0168. The first-order valence-corrected chi connectivity index (χ1v) is 5.75. The average Bonchev–Trinajstić information content (AvgIpc) is 2.92. The van der Waals surface area contributed by atoms with Crippen LogP contribution in [0, 0.1) is 11.8 Å². The number of aliphatic hydroxyl groups excluding tert-OH is 1. The number of nitrogens with one attached hydrogen (secondary N) is 1. The number of hydrogen-bond acceptors (Lipinski definition) is 2. The van der Waals surface area contributed by atoms with E-state index in [-0.39, 0.29) is 6.10 Å². The summed E-state index contributed by atoms with van der Waals surface area (Å²) in [6.07, 6.45) is 7.50. The maximum absolute atomic E-state index is 9.81. The lowest BCUT2D eigenvalue weighted by molar-refractivity contribution is 0.117. The second-order valence-electron chi connectivity index (χ2n) is 4.69. The molecule has 1 saturated heterocycles. The Hall–Kier alpha value is -0.0800. The van der Waals surface area contributed by atoms with Crippen LogP contribution in [0.25, 0.3) is 0 Å². The molecule has 0 aromatic rings. The molecule has 2 unspecified atom stereocenters. The molecule has 1 aliphatic heterocycles. The first kappa shape index (κ1) is 9.47. The SMILES string of the molecule is OC(CC1CCCNCC1)C1CC1. The fourth-order valence-corrected chi connectivity index (χ4v) is 2.34. The third-order valence-corrected chi connectivity index (χ3v) is 3.44. The van der Waals surface area contributed by atoms with Crippen molar-refractivity contribution in [1.82, 2.24) is 5.32 Å². The van der Waals surface area contributed by atoms with Crippen LogP contribution in [0.2, 0.25) is 0 Å². The molecule has 2 fully saturated rings. The van der Waals surface area contributed by atoms with Crippen LogP contribution in [-0.2, 0) is 0 Å². The van der Waals surface area contributed by atoms with Gasteiger partial charge in [0.2, 0.25) is 0 Å². The van der Waals surface area contributed by atoms with Crippen molar-refractivity contribution < 1.29 is 5.11 Å². The second-order valence-corrected chi connectivity index (χ2v) is 4.69. The van der Waals surface area contributed by atoms with E-state index in [2.05, 4.69) is 5.32 Å². The number of hydrogen-bond donors (Lipinski definition) is 2. The van der Waals surface area contributed by atoms with E-state index in [0.717, 1.165) is 18.9 Å². The van der Waals surface area contributed by atoms with E-state index in [4.69, 9.17) is 0 Å². The van der Waals surface area contributed by atoms with Gasteiger partial charge in [0, 0.05) is 0 Å². The van der Waals surface area contributed by atoms with E-state index in [1.54, 1.807) is 0 Å². The normalized spacial score (nSPS) is 32.5. The molecule has 1 heterocycles. The summed E-state index contributed by atoms with van der Waals surface area (Å²) in [6.45, 7) is 2.33. The van der Waals surface area contributed by atoms with Crippen molar-refractivity contribution in [3.8, 4) is 0 Å². The van der Waals surface area contributed by atoms with Gasteiger partial charge in [-0.15, -0.1) is 0 Å². The van der Waals surface area contributed by atoms with Crippen molar-refractivity contribution in [2.75, 3.05) is 13.1 Å². The summed E-state index contributed by atoms with van der Waals surface area (Å²) in [5.74, 6) is 1.45. The van der Waals surface area contributed by atoms with Crippen molar-refractivity contribution in [1.29, 1.82) is 0 Å². The highest BCUT2D eigenvalue weighted by atomic mass is 16.3. The van der Waals surface area contributed by atoms with Gasteiger partial charge in [-0.1, -0.05) is 0 Å². The molecule has 2 atom stereocenters. The van der Waals surface area contributed by atoms with Gasteiger partial charge in [-0.2, -0.15) is 0 Å². The topological polar surface area (TPSA) is 32.3 Å². The van der Waals surface area contributed by atoms with Crippen LogP contribution < -0.4 is 5.32 Å². The van der Waals surface area contributed by atoms with E-state index in [0.29, 0.717) is 5.92 Å². The van der Waals surface area contributed by atoms with Crippen molar-refractivity contribution in [2.24, 2.45) is 11.8 Å². The molecule has 13 heavy (non-hydrogen) atoms. The molecular formula is C11H21NO. The molecule has 76 valence electrons. The van der Waals surface area contributed by atoms with Crippen LogP contribution in [-0.4, -0.2) is 24.3 Å². The molecule has 0 amide bonds.